The number of fused-ring (bicyclic) bond motifs is 4. The molecule has 0 radical (unpaired) electrons. The van der Waals surface area contributed by atoms with Crippen molar-refractivity contribution in [3.63, 3.8) is 0 Å². The molecule has 2 fully saturated rings. The van der Waals surface area contributed by atoms with Gasteiger partial charge in [-0.15, -0.1) is 0 Å². The highest BCUT2D eigenvalue weighted by atomic mass is 19.1. The smallest absolute Gasteiger partial charge is 0.330 e. The number of nitrogens with one attached hydrogen (secondary N) is 1. The third kappa shape index (κ3) is 2.06. The number of anilines is 1. The number of nitrogens with zero attached hydrogens (tertiary/aromatic N) is 2. The second kappa shape index (κ2) is 5.53. The van der Waals surface area contributed by atoms with Gasteiger partial charge in [0.15, 0.2) is 5.41 Å². The summed E-state index contributed by atoms with van der Waals surface area (Å²) in [6.45, 7) is 4.66. The Kier molecular flexibility index (Phi) is 3.61. The number of benzene rings is 1. The fraction of sp³-hybridized carbons (Fsp3) is 0.526. The zero-order valence-corrected chi connectivity index (χ0v) is 15.1. The van der Waals surface area contributed by atoms with E-state index in [1.165, 1.54) is 13.1 Å². The molecular weight excluding hydrogens is 337 g/mol. The van der Waals surface area contributed by atoms with Crippen LogP contribution < -0.4 is 10.2 Å². The summed E-state index contributed by atoms with van der Waals surface area (Å²) in [4.78, 5) is 41.0. The standard InChI is InChI=1S/C19H22FN3O3/c1-10-7-11(2)15-19(16(24)21-18(26)22(3)17(19)25)8-12-5-4-6-13(20)14(12)23(15)9-10/h4-6,10-11,15H,7-9H2,1-3H3,(H,21,24,26)/t10-,11+,15-,19-/m1/s1. The fourth-order valence-corrected chi connectivity index (χ4v) is 5.20. The van der Waals surface area contributed by atoms with Crippen molar-refractivity contribution in [2.45, 2.75) is 32.7 Å². The van der Waals surface area contributed by atoms with Gasteiger partial charge in [0.05, 0.1) is 11.7 Å². The Morgan fingerprint density at radius 2 is 1.96 bits per heavy atom. The molecule has 1 aromatic rings. The van der Waals surface area contributed by atoms with Crippen molar-refractivity contribution >= 4 is 23.5 Å². The highest BCUT2D eigenvalue weighted by molar-refractivity contribution is 6.20. The molecule has 1 spiro atoms. The molecule has 0 unspecified atom stereocenters. The van der Waals surface area contributed by atoms with Crippen LogP contribution in [-0.2, 0) is 16.0 Å². The molecule has 3 aliphatic rings. The monoisotopic (exact) mass is 359 g/mol. The molecule has 4 atom stereocenters. The summed E-state index contributed by atoms with van der Waals surface area (Å²) >= 11 is 0. The van der Waals surface area contributed by atoms with Crippen LogP contribution in [0.5, 0.6) is 0 Å². The molecule has 4 rings (SSSR count). The summed E-state index contributed by atoms with van der Waals surface area (Å²) in [5, 5.41) is 2.34. The lowest BCUT2D eigenvalue weighted by Crippen LogP contribution is -2.73. The first-order valence-corrected chi connectivity index (χ1v) is 8.95. The van der Waals surface area contributed by atoms with Crippen molar-refractivity contribution in [2.24, 2.45) is 17.3 Å². The van der Waals surface area contributed by atoms with Crippen molar-refractivity contribution in [3.8, 4) is 0 Å². The lowest BCUT2D eigenvalue weighted by atomic mass is 9.62. The number of hydrogen-bond acceptors (Lipinski definition) is 4. The molecule has 0 aliphatic carbocycles. The largest absolute Gasteiger partial charge is 0.364 e. The van der Waals surface area contributed by atoms with E-state index < -0.39 is 29.3 Å². The van der Waals surface area contributed by atoms with Gasteiger partial charge in [0.2, 0.25) is 11.8 Å². The molecule has 3 heterocycles. The highest BCUT2D eigenvalue weighted by Gasteiger charge is 2.63. The van der Waals surface area contributed by atoms with Gasteiger partial charge in [0.25, 0.3) is 0 Å². The minimum atomic E-state index is -1.41. The Hall–Kier alpha value is -2.44. The van der Waals surface area contributed by atoms with Gasteiger partial charge < -0.3 is 4.90 Å². The Balaban J connectivity index is 1.95. The molecule has 6 nitrogen and oxygen atoms in total. The number of urea groups is 1. The molecule has 1 N–H and O–H groups in total. The number of para-hydroxylation sites is 1. The summed E-state index contributed by atoms with van der Waals surface area (Å²) in [5.74, 6) is -1.10. The Morgan fingerprint density at radius 1 is 1.23 bits per heavy atom. The highest BCUT2D eigenvalue weighted by Crippen LogP contribution is 2.50. The van der Waals surface area contributed by atoms with E-state index in [1.807, 2.05) is 11.8 Å². The molecule has 7 heteroatoms. The lowest BCUT2D eigenvalue weighted by Gasteiger charge is -2.56. The van der Waals surface area contributed by atoms with Gasteiger partial charge in [-0.25, -0.2) is 9.18 Å². The van der Waals surface area contributed by atoms with Crippen molar-refractivity contribution in [2.75, 3.05) is 18.5 Å². The third-order valence-corrected chi connectivity index (χ3v) is 6.11. The van der Waals surface area contributed by atoms with E-state index in [2.05, 4.69) is 12.2 Å². The van der Waals surface area contributed by atoms with Gasteiger partial charge in [-0.3, -0.25) is 19.8 Å². The van der Waals surface area contributed by atoms with E-state index in [9.17, 15) is 18.8 Å². The molecule has 0 aromatic heterocycles. The molecule has 4 amide bonds. The predicted octanol–water partition coefficient (Wildman–Crippen LogP) is 1.93. The second-order valence-electron chi connectivity index (χ2n) is 7.93. The van der Waals surface area contributed by atoms with Gasteiger partial charge in [-0.1, -0.05) is 26.0 Å². The first-order chi connectivity index (χ1) is 12.3. The van der Waals surface area contributed by atoms with Crippen LogP contribution in [0.15, 0.2) is 18.2 Å². The summed E-state index contributed by atoms with van der Waals surface area (Å²) in [6, 6.07) is 3.58. The van der Waals surface area contributed by atoms with Gasteiger partial charge in [-0.2, -0.15) is 0 Å². The van der Waals surface area contributed by atoms with Gasteiger partial charge in [0, 0.05) is 13.6 Å². The number of amides is 4. The zero-order valence-electron chi connectivity index (χ0n) is 15.1. The summed E-state index contributed by atoms with van der Waals surface area (Å²) in [6.07, 6.45) is 0.938. The molecule has 3 aliphatic heterocycles. The van der Waals surface area contributed by atoms with Crippen LogP contribution in [0.25, 0.3) is 0 Å². The maximum Gasteiger partial charge on any atom is 0.330 e. The van der Waals surface area contributed by atoms with Crippen LogP contribution in [0.4, 0.5) is 14.9 Å². The topological polar surface area (TPSA) is 69.7 Å². The van der Waals surface area contributed by atoms with Crippen molar-refractivity contribution in [1.29, 1.82) is 0 Å². The van der Waals surface area contributed by atoms with Crippen LogP contribution in [0, 0.1) is 23.1 Å². The van der Waals surface area contributed by atoms with E-state index >= 15 is 0 Å². The van der Waals surface area contributed by atoms with Crippen molar-refractivity contribution in [3.05, 3.63) is 29.6 Å². The average molecular weight is 359 g/mol. The van der Waals surface area contributed by atoms with E-state index in [0.29, 0.717) is 23.7 Å². The van der Waals surface area contributed by atoms with Crippen LogP contribution in [0.2, 0.25) is 0 Å². The summed E-state index contributed by atoms with van der Waals surface area (Å²) < 4.78 is 14.7. The normalized spacial score (nSPS) is 33.8. The van der Waals surface area contributed by atoms with E-state index in [0.717, 1.165) is 11.3 Å². The molecule has 138 valence electrons. The quantitative estimate of drug-likeness (QED) is 0.719. The molecule has 26 heavy (non-hydrogen) atoms. The molecule has 1 aromatic carbocycles. The van der Waals surface area contributed by atoms with Gasteiger partial charge >= 0.3 is 6.03 Å². The number of rotatable bonds is 0. The molecule has 0 bridgehead atoms. The number of imide groups is 2. The minimum absolute atomic E-state index is 0.00260. The predicted molar refractivity (Wildman–Crippen MR) is 92.9 cm³/mol. The maximum atomic E-state index is 14.7. The Bertz CT molecular complexity index is 826. The van der Waals surface area contributed by atoms with E-state index in [4.69, 9.17) is 0 Å². The number of carbonyl (C=O) groups excluding carboxylic acids is 3. The number of hydrogen-bond donors (Lipinski definition) is 1. The Labute approximate surface area is 151 Å². The number of halogens is 1. The molecule has 0 saturated carbocycles. The third-order valence-electron chi connectivity index (χ3n) is 6.11. The Morgan fingerprint density at radius 3 is 2.69 bits per heavy atom. The van der Waals surface area contributed by atoms with E-state index in [1.54, 1.807) is 12.1 Å². The van der Waals surface area contributed by atoms with Crippen molar-refractivity contribution < 1.29 is 18.8 Å². The van der Waals surface area contributed by atoms with Crippen LogP contribution in [0.1, 0.15) is 25.8 Å². The summed E-state index contributed by atoms with van der Waals surface area (Å²) in [5.41, 5.74) is -0.293. The van der Waals surface area contributed by atoms with Crippen LogP contribution in [-0.4, -0.2) is 42.4 Å². The van der Waals surface area contributed by atoms with E-state index in [-0.39, 0.29) is 18.2 Å². The van der Waals surface area contributed by atoms with Crippen LogP contribution in [0.3, 0.4) is 0 Å². The average Bonchev–Trinajstić information content (AvgIpc) is 2.57. The first kappa shape index (κ1) is 17.0. The second-order valence-corrected chi connectivity index (χ2v) is 7.93. The number of barbiturate groups is 1. The van der Waals surface area contributed by atoms with Crippen LogP contribution >= 0.6 is 0 Å². The minimum Gasteiger partial charge on any atom is -0.364 e. The number of piperidine rings is 1. The lowest BCUT2D eigenvalue weighted by molar-refractivity contribution is -0.154. The fourth-order valence-electron chi connectivity index (χ4n) is 5.20. The van der Waals surface area contributed by atoms with Crippen molar-refractivity contribution in [1.82, 2.24) is 10.2 Å². The first-order valence-electron chi connectivity index (χ1n) is 8.95. The van der Waals surface area contributed by atoms with Gasteiger partial charge in [-0.05, 0) is 36.3 Å². The van der Waals surface area contributed by atoms with Gasteiger partial charge in [0.1, 0.15) is 5.82 Å². The zero-order chi connectivity index (χ0) is 18.8. The SMILES string of the molecule is C[C@@H]1C[C@H](C)[C@H]2N(C1)c1c(F)cccc1C[C@]21C(=O)NC(=O)N(C)C1=O. The number of carbonyl (C=O) groups is 3. The summed E-state index contributed by atoms with van der Waals surface area (Å²) in [7, 11) is 1.38. The maximum absolute atomic E-state index is 14.7. The molecular formula is C19H22FN3O3. The molecule has 2 saturated heterocycles.